The summed E-state index contributed by atoms with van der Waals surface area (Å²) in [4.78, 5) is 12.2. The maximum Gasteiger partial charge on any atom is 0.257 e. The van der Waals surface area contributed by atoms with Crippen molar-refractivity contribution in [1.29, 1.82) is 0 Å². The molecule has 0 aliphatic carbocycles. The molecule has 0 fully saturated rings. The van der Waals surface area contributed by atoms with E-state index >= 15 is 0 Å². The first-order valence-electron chi connectivity index (χ1n) is 5.80. The lowest BCUT2D eigenvalue weighted by atomic mass is 10.2. The Kier molecular flexibility index (Phi) is 4.27. The predicted molar refractivity (Wildman–Crippen MR) is 79.7 cm³/mol. The van der Waals surface area contributed by atoms with Gasteiger partial charge in [0.1, 0.15) is 0 Å². The fourth-order valence-corrected chi connectivity index (χ4v) is 2.35. The fourth-order valence-electron chi connectivity index (χ4n) is 1.77. The zero-order chi connectivity index (χ0) is 14.0. The molecule has 1 aromatic carbocycles. The number of amides is 1. The molecule has 2 rings (SSSR count). The van der Waals surface area contributed by atoms with Gasteiger partial charge in [-0.25, -0.2) is 0 Å². The van der Waals surface area contributed by atoms with Crippen LogP contribution in [0.5, 0.6) is 0 Å². The average Bonchev–Trinajstić information content (AvgIpc) is 2.72. The van der Waals surface area contributed by atoms with E-state index in [-0.39, 0.29) is 5.91 Å². The minimum atomic E-state index is -0.242. The van der Waals surface area contributed by atoms with Crippen LogP contribution in [-0.4, -0.2) is 15.7 Å². The van der Waals surface area contributed by atoms with Gasteiger partial charge in [0.2, 0.25) is 0 Å². The van der Waals surface area contributed by atoms with Gasteiger partial charge < -0.3 is 5.32 Å². The highest BCUT2D eigenvalue weighted by Crippen LogP contribution is 2.27. The first kappa shape index (κ1) is 14.1. The Bertz CT molecular complexity index is 624. The molecule has 0 aliphatic heterocycles. The van der Waals surface area contributed by atoms with Crippen LogP contribution in [0.2, 0.25) is 5.02 Å². The van der Waals surface area contributed by atoms with Crippen molar-refractivity contribution < 1.29 is 4.79 Å². The lowest BCUT2D eigenvalue weighted by Gasteiger charge is -2.07. The Morgan fingerprint density at radius 1 is 1.53 bits per heavy atom. The van der Waals surface area contributed by atoms with Crippen LogP contribution in [-0.2, 0) is 13.5 Å². The van der Waals surface area contributed by atoms with E-state index in [0.29, 0.717) is 20.7 Å². The molecule has 6 heteroatoms. The molecule has 1 heterocycles. The molecule has 1 N–H and O–H groups in total. The van der Waals surface area contributed by atoms with Crippen molar-refractivity contribution in [2.24, 2.45) is 7.05 Å². The van der Waals surface area contributed by atoms with E-state index in [2.05, 4.69) is 26.3 Å². The number of nitrogens with one attached hydrogen (secondary N) is 1. The summed E-state index contributed by atoms with van der Waals surface area (Å²) in [6, 6.07) is 5.25. The van der Waals surface area contributed by atoms with E-state index in [0.717, 1.165) is 12.1 Å². The molecule has 2 aromatic rings. The van der Waals surface area contributed by atoms with Gasteiger partial charge in [0.15, 0.2) is 0 Å². The zero-order valence-corrected chi connectivity index (χ0v) is 12.9. The van der Waals surface area contributed by atoms with Crippen LogP contribution in [0.15, 0.2) is 28.9 Å². The minimum absolute atomic E-state index is 0.242. The summed E-state index contributed by atoms with van der Waals surface area (Å²) in [5.74, 6) is -0.242. The monoisotopic (exact) mass is 341 g/mol. The number of aromatic nitrogens is 2. The molecule has 100 valence electrons. The van der Waals surface area contributed by atoms with Crippen LogP contribution in [0.25, 0.3) is 0 Å². The molecule has 0 atom stereocenters. The van der Waals surface area contributed by atoms with Gasteiger partial charge in [0.25, 0.3) is 5.91 Å². The third-order valence-corrected chi connectivity index (χ3v) is 3.98. The Morgan fingerprint density at radius 3 is 2.95 bits per heavy atom. The second-order valence-corrected chi connectivity index (χ2v) is 5.30. The molecule has 0 bridgehead atoms. The van der Waals surface area contributed by atoms with Crippen LogP contribution in [0.1, 0.15) is 23.0 Å². The maximum atomic E-state index is 12.2. The van der Waals surface area contributed by atoms with Gasteiger partial charge in [0, 0.05) is 17.7 Å². The van der Waals surface area contributed by atoms with Crippen molar-refractivity contribution in [3.8, 4) is 0 Å². The highest BCUT2D eigenvalue weighted by molar-refractivity contribution is 9.10. The van der Waals surface area contributed by atoms with Crippen LogP contribution < -0.4 is 5.32 Å². The number of hydrogen-bond donors (Lipinski definition) is 1. The number of carbonyl (C=O) groups excluding carboxylic acids is 1. The van der Waals surface area contributed by atoms with Crippen LogP contribution >= 0.6 is 27.5 Å². The van der Waals surface area contributed by atoms with Crippen molar-refractivity contribution in [3.05, 3.63) is 45.1 Å². The number of anilines is 1. The maximum absolute atomic E-state index is 12.2. The number of benzene rings is 1. The van der Waals surface area contributed by atoms with Crippen molar-refractivity contribution in [2.45, 2.75) is 13.3 Å². The van der Waals surface area contributed by atoms with Crippen LogP contribution in [0, 0.1) is 0 Å². The minimum Gasteiger partial charge on any atom is -0.319 e. The number of rotatable bonds is 3. The van der Waals surface area contributed by atoms with E-state index < -0.39 is 0 Å². The molecule has 1 amide bonds. The molecule has 0 saturated heterocycles. The van der Waals surface area contributed by atoms with Gasteiger partial charge in [-0.2, -0.15) is 5.10 Å². The summed E-state index contributed by atoms with van der Waals surface area (Å²) < 4.78 is 2.38. The van der Waals surface area contributed by atoms with Crippen LogP contribution in [0.4, 0.5) is 5.69 Å². The SMILES string of the molecule is CCc1nn(C)cc1NC(=O)c1cccc(Br)c1Cl. The smallest absolute Gasteiger partial charge is 0.257 e. The average molecular weight is 343 g/mol. The van der Waals surface area contributed by atoms with Gasteiger partial charge in [-0.15, -0.1) is 0 Å². The highest BCUT2D eigenvalue weighted by atomic mass is 79.9. The molecule has 0 saturated carbocycles. The molecule has 0 radical (unpaired) electrons. The van der Waals surface area contributed by atoms with Gasteiger partial charge >= 0.3 is 0 Å². The quantitative estimate of drug-likeness (QED) is 0.925. The Hall–Kier alpha value is -1.33. The van der Waals surface area contributed by atoms with Gasteiger partial charge in [0.05, 0.1) is 22.0 Å². The Balaban J connectivity index is 2.28. The second-order valence-electron chi connectivity index (χ2n) is 4.07. The van der Waals surface area contributed by atoms with E-state index in [1.54, 1.807) is 29.1 Å². The first-order valence-corrected chi connectivity index (χ1v) is 6.98. The number of nitrogens with zero attached hydrogens (tertiary/aromatic N) is 2. The van der Waals surface area contributed by atoms with E-state index in [1.807, 2.05) is 14.0 Å². The van der Waals surface area contributed by atoms with Gasteiger partial charge in [-0.05, 0) is 34.5 Å². The third kappa shape index (κ3) is 2.98. The van der Waals surface area contributed by atoms with E-state index in [1.165, 1.54) is 0 Å². The summed E-state index contributed by atoms with van der Waals surface area (Å²) in [5, 5.41) is 7.52. The van der Waals surface area contributed by atoms with Gasteiger partial charge in [-0.3, -0.25) is 9.48 Å². The van der Waals surface area contributed by atoms with Crippen molar-refractivity contribution in [2.75, 3.05) is 5.32 Å². The molecular weight excluding hydrogens is 330 g/mol. The summed E-state index contributed by atoms with van der Waals surface area (Å²) in [6.45, 7) is 1.99. The van der Waals surface area contributed by atoms with Gasteiger partial charge in [-0.1, -0.05) is 24.6 Å². The van der Waals surface area contributed by atoms with Crippen molar-refractivity contribution in [1.82, 2.24) is 9.78 Å². The lowest BCUT2D eigenvalue weighted by molar-refractivity contribution is 0.102. The number of aryl methyl sites for hydroxylation is 2. The molecule has 1 aromatic heterocycles. The standard InChI is InChI=1S/C13H13BrClN3O/c1-3-10-11(7-18(2)17-10)16-13(19)8-5-4-6-9(14)12(8)15/h4-7H,3H2,1-2H3,(H,16,19). The third-order valence-electron chi connectivity index (χ3n) is 2.68. The molecule has 19 heavy (non-hydrogen) atoms. The largest absolute Gasteiger partial charge is 0.319 e. The van der Waals surface area contributed by atoms with Crippen molar-refractivity contribution in [3.63, 3.8) is 0 Å². The second kappa shape index (κ2) is 5.75. The zero-order valence-electron chi connectivity index (χ0n) is 10.6. The number of halogens is 2. The highest BCUT2D eigenvalue weighted by Gasteiger charge is 2.15. The lowest BCUT2D eigenvalue weighted by Crippen LogP contribution is -2.13. The summed E-state index contributed by atoms with van der Waals surface area (Å²) in [5.41, 5.74) is 2.00. The molecular formula is C13H13BrClN3O. The molecule has 0 spiro atoms. The topological polar surface area (TPSA) is 46.9 Å². The number of carbonyl (C=O) groups is 1. The normalized spacial score (nSPS) is 10.5. The Labute approximate surface area is 124 Å². The molecule has 4 nitrogen and oxygen atoms in total. The van der Waals surface area contributed by atoms with E-state index in [9.17, 15) is 4.79 Å². The predicted octanol–water partition coefficient (Wildman–Crippen LogP) is 3.65. The Morgan fingerprint density at radius 2 is 2.26 bits per heavy atom. The summed E-state index contributed by atoms with van der Waals surface area (Å²) in [6.07, 6.45) is 2.53. The first-order chi connectivity index (χ1) is 9.02. The number of hydrogen-bond acceptors (Lipinski definition) is 2. The summed E-state index contributed by atoms with van der Waals surface area (Å²) >= 11 is 9.41. The summed E-state index contributed by atoms with van der Waals surface area (Å²) in [7, 11) is 1.82. The van der Waals surface area contributed by atoms with Crippen molar-refractivity contribution >= 4 is 39.1 Å². The molecule has 0 unspecified atom stereocenters. The molecule has 0 aliphatic rings. The van der Waals surface area contributed by atoms with E-state index in [4.69, 9.17) is 11.6 Å². The fraction of sp³-hybridized carbons (Fsp3) is 0.231. The van der Waals surface area contributed by atoms with Crippen LogP contribution in [0.3, 0.4) is 0 Å².